The van der Waals surface area contributed by atoms with E-state index in [9.17, 15) is 0 Å². The molecule has 1 aromatic carbocycles. The smallest absolute Gasteiger partial charge is 0.0831 e. The molecule has 0 atom stereocenters. The minimum atomic E-state index is 0.958. The van der Waals surface area contributed by atoms with Crippen LogP contribution in [0.2, 0.25) is 0 Å². The molecule has 4 rings (SSSR count). The second-order valence-corrected chi connectivity index (χ2v) is 5.46. The van der Waals surface area contributed by atoms with E-state index in [4.69, 9.17) is 0 Å². The first-order chi connectivity index (χ1) is 9.42. The van der Waals surface area contributed by atoms with Crippen LogP contribution in [-0.2, 0) is 6.42 Å². The van der Waals surface area contributed by atoms with Gasteiger partial charge >= 0.3 is 4.96 Å². The van der Waals surface area contributed by atoms with Gasteiger partial charge in [-0.25, -0.2) is 0 Å². The molecule has 1 aliphatic rings. The van der Waals surface area contributed by atoms with Crippen LogP contribution in [0.15, 0.2) is 42.0 Å². The topological polar surface area (TPSA) is 29.9 Å². The summed E-state index contributed by atoms with van der Waals surface area (Å²) in [4.78, 5) is 5.40. The zero-order valence-corrected chi connectivity index (χ0v) is 11.1. The van der Waals surface area contributed by atoms with E-state index in [1.165, 1.54) is 22.4 Å². The lowest BCUT2D eigenvalue weighted by molar-refractivity contribution is -0.580. The van der Waals surface area contributed by atoms with Gasteiger partial charge in [-0.05, 0) is 40.8 Å². The highest BCUT2D eigenvalue weighted by Gasteiger charge is 2.27. The summed E-state index contributed by atoms with van der Waals surface area (Å²) >= 11 is 1.58. The molecule has 2 heterocycles. The van der Waals surface area contributed by atoms with Crippen LogP contribution in [0.25, 0.3) is 16.6 Å². The summed E-state index contributed by atoms with van der Waals surface area (Å²) < 4.78 is 1.97. The van der Waals surface area contributed by atoms with Crippen molar-refractivity contribution in [3.63, 3.8) is 0 Å². The maximum atomic E-state index is 4.45. The molecule has 0 amide bonds. The van der Waals surface area contributed by atoms with Crippen molar-refractivity contribution in [1.29, 1.82) is 0 Å². The molecule has 0 radical (unpaired) electrons. The Kier molecular flexibility index (Phi) is 2.42. The molecule has 0 saturated heterocycles. The number of benzene rings is 1. The van der Waals surface area contributed by atoms with Crippen LogP contribution in [-0.4, -0.2) is 10.1 Å². The fourth-order valence-electron chi connectivity index (χ4n) is 2.59. The van der Waals surface area contributed by atoms with E-state index in [2.05, 4.69) is 40.4 Å². The van der Waals surface area contributed by atoms with Crippen molar-refractivity contribution in [2.24, 2.45) is 0 Å². The third kappa shape index (κ3) is 1.76. The lowest BCUT2D eigenvalue weighted by Gasteiger charge is -1.98. The van der Waals surface area contributed by atoms with Gasteiger partial charge in [0, 0.05) is 11.1 Å². The number of fused-ring (bicyclic) bond motifs is 3. The molecule has 0 unspecified atom stereocenters. The van der Waals surface area contributed by atoms with Crippen molar-refractivity contribution in [2.75, 3.05) is 0 Å². The fraction of sp³-hybridized carbons (Fsp3) is 0.133. The first kappa shape index (κ1) is 10.8. The minimum Gasteiger partial charge on any atom is -0.0831 e. The molecule has 0 bridgehead atoms. The van der Waals surface area contributed by atoms with Crippen molar-refractivity contribution in [3.8, 4) is 0 Å². The standard InChI is InChI=1S/C15H12N3S/c1-2-4-11(5-3-1)8-12-6-7-13-9-16-15-18(14(12)13)17-10-19-15/h1-5,8-10H,6-7H2/q+1. The lowest BCUT2D eigenvalue weighted by Crippen LogP contribution is -2.29. The van der Waals surface area contributed by atoms with Crippen LogP contribution >= 0.6 is 11.3 Å². The Balaban J connectivity index is 1.92. The number of allylic oxidation sites excluding steroid dienone is 1. The van der Waals surface area contributed by atoms with Crippen LogP contribution in [0.1, 0.15) is 23.2 Å². The van der Waals surface area contributed by atoms with E-state index >= 15 is 0 Å². The van der Waals surface area contributed by atoms with Crippen LogP contribution in [0.4, 0.5) is 0 Å². The summed E-state index contributed by atoms with van der Waals surface area (Å²) in [5, 5.41) is 4.41. The third-order valence-corrected chi connectivity index (χ3v) is 4.15. The number of hydrogen-bond donors (Lipinski definition) is 0. The average Bonchev–Trinajstić information content (AvgIpc) is 3.06. The predicted octanol–water partition coefficient (Wildman–Crippen LogP) is 2.76. The molecule has 4 heteroatoms. The molecule has 0 saturated carbocycles. The molecule has 19 heavy (non-hydrogen) atoms. The number of rotatable bonds is 1. The van der Waals surface area contributed by atoms with E-state index in [0.29, 0.717) is 0 Å². The summed E-state index contributed by atoms with van der Waals surface area (Å²) in [5.41, 5.74) is 6.97. The van der Waals surface area contributed by atoms with Gasteiger partial charge in [-0.15, -0.1) is 0 Å². The van der Waals surface area contributed by atoms with Crippen molar-refractivity contribution in [1.82, 2.24) is 10.1 Å². The fourth-order valence-corrected chi connectivity index (χ4v) is 3.18. The van der Waals surface area contributed by atoms with Crippen LogP contribution < -0.4 is 4.52 Å². The van der Waals surface area contributed by atoms with Gasteiger partial charge in [-0.1, -0.05) is 39.9 Å². The summed E-state index contributed by atoms with van der Waals surface area (Å²) in [6.45, 7) is 0. The zero-order chi connectivity index (χ0) is 12.7. The maximum absolute atomic E-state index is 4.45. The van der Waals surface area contributed by atoms with Gasteiger partial charge in [0.1, 0.15) is 11.7 Å². The molecule has 3 aromatic rings. The number of aromatic nitrogens is 3. The highest BCUT2D eigenvalue weighted by Crippen LogP contribution is 2.31. The third-order valence-electron chi connectivity index (χ3n) is 3.46. The van der Waals surface area contributed by atoms with Gasteiger partial charge in [-0.3, -0.25) is 0 Å². The van der Waals surface area contributed by atoms with E-state index in [1.807, 2.05) is 22.3 Å². The highest BCUT2D eigenvalue weighted by atomic mass is 32.1. The summed E-state index contributed by atoms with van der Waals surface area (Å²) in [6.07, 6.45) is 6.38. The number of hydrogen-bond acceptors (Lipinski definition) is 3. The average molecular weight is 266 g/mol. The normalized spacial score (nSPS) is 16.1. The van der Waals surface area contributed by atoms with Gasteiger partial charge in [-0.2, -0.15) is 0 Å². The Morgan fingerprint density at radius 3 is 2.95 bits per heavy atom. The quantitative estimate of drug-likeness (QED) is 0.634. The highest BCUT2D eigenvalue weighted by molar-refractivity contribution is 7.14. The minimum absolute atomic E-state index is 0.958. The van der Waals surface area contributed by atoms with E-state index in [-0.39, 0.29) is 0 Å². The van der Waals surface area contributed by atoms with Gasteiger partial charge in [0.2, 0.25) is 0 Å². The Hall–Kier alpha value is -2.07. The lowest BCUT2D eigenvalue weighted by atomic mass is 10.1. The van der Waals surface area contributed by atoms with Crippen molar-refractivity contribution in [2.45, 2.75) is 12.8 Å². The number of nitrogens with zero attached hydrogens (tertiary/aromatic N) is 3. The van der Waals surface area contributed by atoms with Crippen LogP contribution in [0.5, 0.6) is 0 Å². The monoisotopic (exact) mass is 266 g/mol. The first-order valence-corrected chi connectivity index (χ1v) is 7.19. The zero-order valence-electron chi connectivity index (χ0n) is 10.3. The molecule has 0 spiro atoms. The molecule has 0 fully saturated rings. The molecule has 3 nitrogen and oxygen atoms in total. The summed E-state index contributed by atoms with van der Waals surface area (Å²) in [6, 6.07) is 10.5. The van der Waals surface area contributed by atoms with Crippen LogP contribution in [0.3, 0.4) is 0 Å². The largest absolute Gasteiger partial charge is 0.409 e. The molecule has 1 aliphatic carbocycles. The Labute approximate surface area is 114 Å². The Bertz CT molecular complexity index is 774. The van der Waals surface area contributed by atoms with Crippen molar-refractivity contribution < 1.29 is 4.52 Å². The van der Waals surface area contributed by atoms with E-state index in [1.54, 1.807) is 11.3 Å². The molecular weight excluding hydrogens is 254 g/mol. The van der Waals surface area contributed by atoms with Gasteiger partial charge < -0.3 is 0 Å². The van der Waals surface area contributed by atoms with Gasteiger partial charge in [0.15, 0.2) is 5.69 Å². The van der Waals surface area contributed by atoms with Gasteiger partial charge in [0.05, 0.1) is 0 Å². The Morgan fingerprint density at radius 1 is 1.16 bits per heavy atom. The van der Waals surface area contributed by atoms with E-state index in [0.717, 1.165) is 17.8 Å². The second-order valence-electron chi connectivity index (χ2n) is 4.65. The molecule has 0 N–H and O–H groups in total. The molecular formula is C15H12N3S+. The molecule has 0 aliphatic heterocycles. The van der Waals surface area contributed by atoms with Crippen LogP contribution in [0, 0.1) is 0 Å². The first-order valence-electron chi connectivity index (χ1n) is 6.31. The SMILES string of the molecule is C(=C1CCc2cnc3scn[n+]3c21)c1ccccc1. The molecule has 2 aromatic heterocycles. The summed E-state index contributed by atoms with van der Waals surface area (Å²) in [7, 11) is 0. The summed E-state index contributed by atoms with van der Waals surface area (Å²) in [5.74, 6) is 0. The Morgan fingerprint density at radius 2 is 2.05 bits per heavy atom. The maximum Gasteiger partial charge on any atom is 0.409 e. The van der Waals surface area contributed by atoms with Crippen molar-refractivity contribution >= 4 is 27.9 Å². The van der Waals surface area contributed by atoms with Crippen molar-refractivity contribution in [3.05, 3.63) is 58.9 Å². The second kappa shape index (κ2) is 4.24. The number of aryl methyl sites for hydroxylation is 1. The van der Waals surface area contributed by atoms with Gasteiger partial charge in [0.25, 0.3) is 0 Å². The predicted molar refractivity (Wildman–Crippen MR) is 75.7 cm³/mol. The molecule has 92 valence electrons. The van der Waals surface area contributed by atoms with E-state index < -0.39 is 0 Å².